The minimum atomic E-state index is -3.74. The van der Waals surface area contributed by atoms with E-state index in [0.717, 1.165) is 15.6 Å². The van der Waals surface area contributed by atoms with Crippen LogP contribution in [0.25, 0.3) is 5.69 Å². The Hall–Kier alpha value is -2.53. The summed E-state index contributed by atoms with van der Waals surface area (Å²) >= 11 is 7.49. The first-order valence-corrected chi connectivity index (χ1v) is 12.3. The van der Waals surface area contributed by atoms with E-state index in [-0.39, 0.29) is 22.3 Å². The zero-order valence-electron chi connectivity index (χ0n) is 18.0. The van der Waals surface area contributed by atoms with Crippen molar-refractivity contribution in [1.29, 1.82) is 0 Å². The lowest BCUT2D eigenvalue weighted by Gasteiger charge is -2.16. The molecule has 0 unspecified atom stereocenters. The lowest BCUT2D eigenvalue weighted by molar-refractivity contribution is -0.113. The fraction of sp³-hybridized carbons (Fsp3) is 0.238. The summed E-state index contributed by atoms with van der Waals surface area (Å²) in [5.41, 5.74) is 2.14. The first-order valence-electron chi connectivity index (χ1n) is 9.47. The topological polar surface area (TPSA) is 93.5 Å². The molecule has 8 nitrogen and oxygen atoms in total. The van der Waals surface area contributed by atoms with Crippen LogP contribution in [-0.2, 0) is 14.8 Å². The highest BCUT2D eigenvalue weighted by atomic mass is 35.5. The highest BCUT2D eigenvalue weighted by Gasteiger charge is 2.23. The second-order valence-electron chi connectivity index (χ2n) is 6.95. The molecule has 0 aliphatic carbocycles. The number of hydrogen-bond acceptors (Lipinski definition) is 6. The summed E-state index contributed by atoms with van der Waals surface area (Å²) in [5, 5.41) is 4.01. The Bertz CT molecular complexity index is 1240. The van der Waals surface area contributed by atoms with E-state index in [1.165, 1.54) is 45.1 Å². The van der Waals surface area contributed by atoms with E-state index in [1.54, 1.807) is 18.5 Å². The molecule has 0 saturated heterocycles. The van der Waals surface area contributed by atoms with Crippen LogP contribution < -0.4 is 10.1 Å². The fourth-order valence-corrected chi connectivity index (χ4v) is 4.93. The van der Waals surface area contributed by atoms with Gasteiger partial charge in [-0.2, -0.15) is 0 Å². The molecule has 11 heteroatoms. The minimum absolute atomic E-state index is 0.0255. The zero-order valence-corrected chi connectivity index (χ0v) is 20.4. The van der Waals surface area contributed by atoms with E-state index < -0.39 is 10.0 Å². The van der Waals surface area contributed by atoms with Crippen LogP contribution in [0.2, 0.25) is 5.02 Å². The number of thioether (sulfide) groups is 1. The van der Waals surface area contributed by atoms with Gasteiger partial charge in [-0.15, -0.1) is 0 Å². The molecule has 0 bridgehead atoms. The van der Waals surface area contributed by atoms with E-state index in [0.29, 0.717) is 15.9 Å². The molecule has 0 saturated carbocycles. The Morgan fingerprint density at radius 1 is 1.28 bits per heavy atom. The molecule has 0 aliphatic rings. The number of imidazole rings is 1. The van der Waals surface area contributed by atoms with Crippen LogP contribution in [-0.4, -0.2) is 55.1 Å². The summed E-state index contributed by atoms with van der Waals surface area (Å²) in [6.07, 6.45) is 3.46. The van der Waals surface area contributed by atoms with E-state index in [1.807, 2.05) is 29.7 Å². The normalized spacial score (nSPS) is 11.6. The largest absolute Gasteiger partial charge is 0.495 e. The van der Waals surface area contributed by atoms with Gasteiger partial charge in [0.25, 0.3) is 0 Å². The van der Waals surface area contributed by atoms with Crippen LogP contribution in [0.15, 0.2) is 58.8 Å². The number of aromatic nitrogens is 2. The Morgan fingerprint density at radius 3 is 2.72 bits per heavy atom. The summed E-state index contributed by atoms with van der Waals surface area (Å²) in [4.78, 5) is 16.9. The molecule has 1 amide bonds. The molecule has 170 valence electrons. The Balaban J connectivity index is 1.75. The van der Waals surface area contributed by atoms with Crippen LogP contribution in [0.4, 0.5) is 5.69 Å². The quantitative estimate of drug-likeness (QED) is 0.478. The van der Waals surface area contributed by atoms with Crippen molar-refractivity contribution >= 4 is 45.0 Å². The van der Waals surface area contributed by atoms with Gasteiger partial charge >= 0.3 is 0 Å². The maximum absolute atomic E-state index is 12.6. The Labute approximate surface area is 196 Å². The lowest BCUT2D eigenvalue weighted by Crippen LogP contribution is -2.23. The highest BCUT2D eigenvalue weighted by Crippen LogP contribution is 2.30. The number of ether oxygens (including phenoxy) is 1. The number of nitrogens with one attached hydrogen (secondary N) is 1. The third-order valence-electron chi connectivity index (χ3n) is 4.64. The van der Waals surface area contributed by atoms with Crippen LogP contribution >= 0.6 is 23.4 Å². The molecule has 32 heavy (non-hydrogen) atoms. The number of benzene rings is 2. The van der Waals surface area contributed by atoms with Crippen molar-refractivity contribution in [3.63, 3.8) is 0 Å². The van der Waals surface area contributed by atoms with Crippen molar-refractivity contribution in [2.24, 2.45) is 0 Å². The van der Waals surface area contributed by atoms with Gasteiger partial charge in [0.05, 0.1) is 18.6 Å². The molecule has 3 rings (SSSR count). The maximum Gasteiger partial charge on any atom is 0.246 e. The summed E-state index contributed by atoms with van der Waals surface area (Å²) in [7, 11) is 0.512. The fourth-order valence-electron chi connectivity index (χ4n) is 2.92. The van der Waals surface area contributed by atoms with Gasteiger partial charge < -0.3 is 10.1 Å². The number of carbonyl (C=O) groups is 1. The molecule has 1 N–H and O–H groups in total. The van der Waals surface area contributed by atoms with Gasteiger partial charge in [-0.25, -0.2) is 17.7 Å². The molecule has 0 fully saturated rings. The van der Waals surface area contributed by atoms with Crippen LogP contribution in [0.3, 0.4) is 0 Å². The number of nitrogens with zero attached hydrogens (tertiary/aromatic N) is 3. The molecule has 1 aromatic heterocycles. The number of carbonyl (C=O) groups excluding carboxylic acids is 1. The summed E-state index contributed by atoms with van der Waals surface area (Å²) in [6, 6.07) is 10.1. The second kappa shape index (κ2) is 9.95. The molecule has 0 radical (unpaired) electrons. The molecule has 0 spiro atoms. The van der Waals surface area contributed by atoms with E-state index >= 15 is 0 Å². The Morgan fingerprint density at radius 2 is 2.03 bits per heavy atom. The first kappa shape index (κ1) is 24.1. The van der Waals surface area contributed by atoms with E-state index in [2.05, 4.69) is 10.3 Å². The SMILES string of the molecule is COc1ccc(NC(=O)CSc2nccn2-c2cccc(Cl)c2C)cc1S(=O)(=O)N(C)C. The first-order chi connectivity index (χ1) is 15.1. The zero-order chi connectivity index (χ0) is 23.5. The van der Waals surface area contributed by atoms with Crippen LogP contribution in [0, 0.1) is 6.92 Å². The molecular formula is C21H23ClN4O4S2. The number of anilines is 1. The molecule has 1 heterocycles. The highest BCUT2D eigenvalue weighted by molar-refractivity contribution is 7.99. The summed E-state index contributed by atoms with van der Waals surface area (Å²) in [6.45, 7) is 1.92. The number of hydrogen-bond donors (Lipinski definition) is 1. The van der Waals surface area contributed by atoms with Gasteiger partial charge in [0.1, 0.15) is 10.6 Å². The number of sulfonamides is 1. The number of amides is 1. The lowest BCUT2D eigenvalue weighted by atomic mass is 10.2. The van der Waals surface area contributed by atoms with Gasteiger partial charge in [0, 0.05) is 37.2 Å². The van der Waals surface area contributed by atoms with Crippen LogP contribution in [0.1, 0.15) is 5.56 Å². The van der Waals surface area contributed by atoms with Crippen molar-refractivity contribution in [3.05, 3.63) is 59.4 Å². The third kappa shape index (κ3) is 5.09. The van der Waals surface area contributed by atoms with Gasteiger partial charge in [-0.05, 0) is 42.8 Å². The van der Waals surface area contributed by atoms with Crippen molar-refractivity contribution in [3.8, 4) is 11.4 Å². The van der Waals surface area contributed by atoms with Gasteiger partial charge in [0.15, 0.2) is 5.16 Å². The molecule has 0 atom stereocenters. The average Bonchev–Trinajstić information content (AvgIpc) is 3.22. The molecule has 3 aromatic rings. The van der Waals surface area contributed by atoms with E-state index in [4.69, 9.17) is 16.3 Å². The third-order valence-corrected chi connectivity index (χ3v) is 7.86. The van der Waals surface area contributed by atoms with Gasteiger partial charge in [-0.3, -0.25) is 9.36 Å². The van der Waals surface area contributed by atoms with Crippen molar-refractivity contribution < 1.29 is 17.9 Å². The Kier molecular flexibility index (Phi) is 7.50. The van der Waals surface area contributed by atoms with Crippen molar-refractivity contribution in [2.75, 3.05) is 32.3 Å². The van der Waals surface area contributed by atoms with E-state index in [9.17, 15) is 13.2 Å². The second-order valence-corrected chi connectivity index (χ2v) is 10.4. The predicted molar refractivity (Wildman–Crippen MR) is 127 cm³/mol. The number of methoxy groups -OCH3 is 1. The monoisotopic (exact) mass is 494 g/mol. The predicted octanol–water partition coefficient (Wildman–Crippen LogP) is 3.82. The summed E-state index contributed by atoms with van der Waals surface area (Å²) in [5.74, 6) is -0.0194. The minimum Gasteiger partial charge on any atom is -0.495 e. The molecular weight excluding hydrogens is 472 g/mol. The van der Waals surface area contributed by atoms with Crippen LogP contribution in [0.5, 0.6) is 5.75 Å². The smallest absolute Gasteiger partial charge is 0.246 e. The van der Waals surface area contributed by atoms with Gasteiger partial charge in [0.2, 0.25) is 15.9 Å². The average molecular weight is 495 g/mol. The van der Waals surface area contributed by atoms with Gasteiger partial charge in [-0.1, -0.05) is 29.4 Å². The standard InChI is InChI=1S/C21H23ClN4O4S2/c1-14-16(22)6-5-7-17(14)26-11-10-23-21(26)31-13-20(27)24-15-8-9-18(30-4)19(12-15)32(28,29)25(2)3/h5-12H,13H2,1-4H3,(H,24,27). The summed E-state index contributed by atoms with van der Waals surface area (Å²) < 4.78 is 33.3. The van der Waals surface area contributed by atoms with Crippen molar-refractivity contribution in [2.45, 2.75) is 17.0 Å². The molecule has 0 aliphatic heterocycles. The molecule has 2 aromatic carbocycles. The van der Waals surface area contributed by atoms with Crippen molar-refractivity contribution in [1.82, 2.24) is 13.9 Å². The number of rotatable bonds is 8. The maximum atomic E-state index is 12.6. The number of halogens is 1.